The van der Waals surface area contributed by atoms with Crippen LogP contribution in [0.15, 0.2) is 84.9 Å². The number of anilines is 1. The summed E-state index contributed by atoms with van der Waals surface area (Å²) in [5.74, 6) is 0.289. The van der Waals surface area contributed by atoms with Crippen LogP contribution in [0.5, 0.6) is 0 Å². The minimum absolute atomic E-state index is 0.0288. The molecular weight excluding hydrogens is 322 g/mol. The van der Waals surface area contributed by atoms with Crippen molar-refractivity contribution in [3.05, 3.63) is 102 Å². The number of nitrogens with zero attached hydrogens (tertiary/aromatic N) is 1. The third-order valence-electron chi connectivity index (χ3n) is 5.93. The summed E-state index contributed by atoms with van der Waals surface area (Å²) in [5, 5.41) is 2.11. The van der Waals surface area contributed by atoms with Crippen molar-refractivity contribution in [2.45, 2.75) is 24.4 Å². The molecule has 0 aromatic heterocycles. The number of hydrogen-bond acceptors (Lipinski definition) is 3. The van der Waals surface area contributed by atoms with E-state index in [4.69, 9.17) is 9.57 Å². The minimum Gasteiger partial charge on any atom is -0.362 e. The van der Waals surface area contributed by atoms with E-state index in [0.717, 1.165) is 5.69 Å². The lowest BCUT2D eigenvalue weighted by atomic mass is 9.77. The second kappa shape index (κ2) is 5.44. The van der Waals surface area contributed by atoms with Crippen molar-refractivity contribution in [3.8, 4) is 0 Å². The van der Waals surface area contributed by atoms with Crippen LogP contribution >= 0.6 is 0 Å². The van der Waals surface area contributed by atoms with Gasteiger partial charge in [0.2, 0.25) is 0 Å². The molecule has 3 aromatic carbocycles. The largest absolute Gasteiger partial charge is 0.362 e. The quantitative estimate of drug-likeness (QED) is 0.655. The first kappa shape index (κ1) is 14.5. The SMILES string of the molecule is c1ccc([C@H]2[C@H]3[C@@H](ON2c2ccccc2)[C@H]2O[C@@H]3c3ccccc32)cc1. The molecule has 6 rings (SSSR count). The van der Waals surface area contributed by atoms with Gasteiger partial charge in [0.25, 0.3) is 0 Å². The first-order valence-electron chi connectivity index (χ1n) is 9.22. The Morgan fingerprint density at radius 2 is 1.27 bits per heavy atom. The zero-order valence-electron chi connectivity index (χ0n) is 14.2. The highest BCUT2D eigenvalue weighted by Crippen LogP contribution is 2.63. The normalized spacial score (nSPS) is 31.1. The van der Waals surface area contributed by atoms with Gasteiger partial charge in [0.05, 0.1) is 17.8 Å². The second-order valence-corrected chi connectivity index (χ2v) is 7.27. The van der Waals surface area contributed by atoms with Gasteiger partial charge < -0.3 is 4.74 Å². The number of hydrogen-bond donors (Lipinski definition) is 0. The maximum atomic E-state index is 6.54. The van der Waals surface area contributed by atoms with Crippen LogP contribution in [0, 0.1) is 5.92 Å². The van der Waals surface area contributed by atoms with Crippen LogP contribution in [0.1, 0.15) is 34.9 Å². The van der Waals surface area contributed by atoms with E-state index in [-0.39, 0.29) is 30.3 Å². The maximum absolute atomic E-state index is 6.54. The summed E-state index contributed by atoms with van der Waals surface area (Å²) in [7, 11) is 0. The molecule has 128 valence electrons. The molecule has 3 heteroatoms. The Morgan fingerprint density at radius 3 is 2.00 bits per heavy atom. The molecular formula is C23H19NO2. The number of hydroxylamine groups is 1. The summed E-state index contributed by atoms with van der Waals surface area (Å²) in [4.78, 5) is 6.54. The number of ether oxygens (including phenoxy) is 1. The molecule has 0 N–H and O–H groups in total. The molecule has 3 aromatic rings. The van der Waals surface area contributed by atoms with Crippen molar-refractivity contribution in [1.29, 1.82) is 0 Å². The first-order valence-corrected chi connectivity index (χ1v) is 9.22. The van der Waals surface area contributed by atoms with E-state index in [1.165, 1.54) is 16.7 Å². The molecule has 3 aliphatic heterocycles. The summed E-state index contributed by atoms with van der Waals surface area (Å²) < 4.78 is 6.39. The summed E-state index contributed by atoms with van der Waals surface area (Å²) in [6, 6.07) is 29.8. The molecule has 0 spiro atoms. The monoisotopic (exact) mass is 341 g/mol. The molecule has 0 aliphatic carbocycles. The predicted octanol–water partition coefficient (Wildman–Crippen LogP) is 4.99. The molecule has 3 heterocycles. The van der Waals surface area contributed by atoms with E-state index >= 15 is 0 Å². The third kappa shape index (κ3) is 1.90. The van der Waals surface area contributed by atoms with Gasteiger partial charge in [-0.2, -0.15) is 0 Å². The lowest BCUT2D eigenvalue weighted by Crippen LogP contribution is -2.27. The number of benzene rings is 3. The molecule has 0 saturated carbocycles. The average molecular weight is 341 g/mol. The summed E-state index contributed by atoms with van der Waals surface area (Å²) in [5.41, 5.74) is 5.00. The fraction of sp³-hybridized carbons (Fsp3) is 0.217. The second-order valence-electron chi connectivity index (χ2n) is 7.27. The van der Waals surface area contributed by atoms with Crippen molar-refractivity contribution in [2.75, 3.05) is 5.06 Å². The van der Waals surface area contributed by atoms with Gasteiger partial charge in [-0.3, -0.25) is 4.84 Å². The molecule has 3 nitrogen and oxygen atoms in total. The standard InChI is InChI=1S/C23H19NO2/c1-3-9-15(10-4-1)20-19-21-17-13-7-8-14-18(17)22(25-21)23(19)26-24(20)16-11-5-2-6-12-16/h1-14,19-23H/t19-,20+,21-,22+,23-/m1/s1. The minimum atomic E-state index is 0.0288. The van der Waals surface area contributed by atoms with E-state index < -0.39 is 0 Å². The Morgan fingerprint density at radius 1 is 0.654 bits per heavy atom. The molecule has 2 saturated heterocycles. The Balaban J connectivity index is 1.49. The Labute approximate surface area is 152 Å². The van der Waals surface area contributed by atoms with E-state index in [1.54, 1.807) is 0 Å². The van der Waals surface area contributed by atoms with Crippen LogP contribution in [0.4, 0.5) is 5.69 Å². The average Bonchev–Trinajstić information content (AvgIpc) is 3.38. The van der Waals surface area contributed by atoms with Gasteiger partial charge in [-0.25, -0.2) is 5.06 Å². The molecule has 3 aliphatic rings. The predicted molar refractivity (Wildman–Crippen MR) is 99.5 cm³/mol. The number of rotatable bonds is 2. The van der Waals surface area contributed by atoms with Crippen molar-refractivity contribution in [2.24, 2.45) is 5.92 Å². The maximum Gasteiger partial charge on any atom is 0.124 e. The molecule has 0 amide bonds. The highest BCUT2D eigenvalue weighted by Gasteiger charge is 2.61. The van der Waals surface area contributed by atoms with Gasteiger partial charge in [-0.1, -0.05) is 72.8 Å². The molecule has 0 radical (unpaired) electrons. The van der Waals surface area contributed by atoms with Crippen LogP contribution in [-0.4, -0.2) is 6.10 Å². The Kier molecular flexibility index (Phi) is 3.04. The zero-order chi connectivity index (χ0) is 17.1. The fourth-order valence-corrected chi connectivity index (χ4v) is 4.89. The van der Waals surface area contributed by atoms with E-state index in [9.17, 15) is 0 Å². The Hall–Kier alpha value is -2.62. The third-order valence-corrected chi connectivity index (χ3v) is 5.93. The van der Waals surface area contributed by atoms with E-state index in [0.29, 0.717) is 0 Å². The smallest absolute Gasteiger partial charge is 0.124 e. The lowest BCUT2D eigenvalue weighted by molar-refractivity contribution is -0.0148. The van der Waals surface area contributed by atoms with Crippen LogP contribution in [0.2, 0.25) is 0 Å². The van der Waals surface area contributed by atoms with Gasteiger partial charge in [0.1, 0.15) is 12.2 Å². The Bertz CT molecular complexity index is 943. The molecule has 2 fully saturated rings. The van der Waals surface area contributed by atoms with Gasteiger partial charge in [-0.15, -0.1) is 0 Å². The highest BCUT2D eigenvalue weighted by atomic mass is 16.7. The molecule has 5 atom stereocenters. The van der Waals surface area contributed by atoms with Crippen LogP contribution in [-0.2, 0) is 9.57 Å². The van der Waals surface area contributed by atoms with Gasteiger partial charge in [-0.05, 0) is 28.8 Å². The molecule has 2 bridgehead atoms. The van der Waals surface area contributed by atoms with Crippen LogP contribution < -0.4 is 5.06 Å². The zero-order valence-corrected chi connectivity index (χ0v) is 14.2. The van der Waals surface area contributed by atoms with E-state index in [1.807, 2.05) is 6.07 Å². The summed E-state index contributed by atoms with van der Waals surface area (Å²) in [6.45, 7) is 0. The highest BCUT2D eigenvalue weighted by molar-refractivity contribution is 5.50. The van der Waals surface area contributed by atoms with Crippen molar-refractivity contribution >= 4 is 5.69 Å². The fourth-order valence-electron chi connectivity index (χ4n) is 4.89. The van der Waals surface area contributed by atoms with Crippen molar-refractivity contribution in [3.63, 3.8) is 0 Å². The number of para-hydroxylation sites is 1. The van der Waals surface area contributed by atoms with Crippen molar-refractivity contribution in [1.82, 2.24) is 0 Å². The molecule has 26 heavy (non-hydrogen) atoms. The lowest BCUT2D eigenvalue weighted by Gasteiger charge is -2.29. The van der Waals surface area contributed by atoms with Crippen molar-refractivity contribution < 1.29 is 9.57 Å². The van der Waals surface area contributed by atoms with E-state index in [2.05, 4.69) is 83.9 Å². The summed E-state index contributed by atoms with van der Waals surface area (Å²) >= 11 is 0. The summed E-state index contributed by atoms with van der Waals surface area (Å²) in [6.07, 6.45) is 0.182. The first-order chi connectivity index (χ1) is 12.9. The van der Waals surface area contributed by atoms with Crippen LogP contribution in [0.25, 0.3) is 0 Å². The van der Waals surface area contributed by atoms with Gasteiger partial charge in [0, 0.05) is 5.92 Å². The van der Waals surface area contributed by atoms with Gasteiger partial charge in [0.15, 0.2) is 0 Å². The molecule has 0 unspecified atom stereocenters. The van der Waals surface area contributed by atoms with Gasteiger partial charge >= 0.3 is 0 Å². The van der Waals surface area contributed by atoms with Crippen LogP contribution in [0.3, 0.4) is 0 Å². The number of fused-ring (bicyclic) bond motifs is 8. The topological polar surface area (TPSA) is 21.7 Å².